The van der Waals surface area contributed by atoms with Crippen molar-refractivity contribution in [2.24, 2.45) is 5.92 Å². The summed E-state index contributed by atoms with van der Waals surface area (Å²) in [6.45, 7) is 9.53. The third kappa shape index (κ3) is 5.65. The van der Waals surface area contributed by atoms with Crippen LogP contribution in [0, 0.1) is 5.92 Å². The summed E-state index contributed by atoms with van der Waals surface area (Å²) in [6, 6.07) is 12.4. The van der Waals surface area contributed by atoms with Gasteiger partial charge in [-0.2, -0.15) is 0 Å². The number of hydrogen-bond donors (Lipinski definition) is 0. The Morgan fingerprint density at radius 3 is 2.47 bits per heavy atom. The molecule has 0 spiro atoms. The summed E-state index contributed by atoms with van der Waals surface area (Å²) >= 11 is 0. The van der Waals surface area contributed by atoms with Crippen LogP contribution < -0.4 is 4.74 Å². The summed E-state index contributed by atoms with van der Waals surface area (Å²) in [4.78, 5) is 17.6. The molecule has 10 heteroatoms. The molecule has 3 aromatic heterocycles. The molecule has 0 saturated carbocycles. The molecule has 1 atom stereocenters. The van der Waals surface area contributed by atoms with Gasteiger partial charge in [0.05, 0.1) is 23.1 Å². The van der Waals surface area contributed by atoms with Crippen LogP contribution in [0.5, 0.6) is 5.75 Å². The monoisotopic (exact) mass is 490 g/mol. The molecule has 0 radical (unpaired) electrons. The Hall–Kier alpha value is -3.92. The minimum Gasteiger partial charge on any atom is -0.467 e. The Kier molecular flexibility index (Phi) is 7.25. The van der Waals surface area contributed by atoms with E-state index in [1.54, 1.807) is 24.1 Å². The van der Waals surface area contributed by atoms with Gasteiger partial charge in [0, 0.05) is 12.7 Å². The molecule has 36 heavy (non-hydrogen) atoms. The molecule has 0 aliphatic heterocycles. The van der Waals surface area contributed by atoms with Crippen molar-refractivity contribution in [3.63, 3.8) is 0 Å². The van der Waals surface area contributed by atoms with Gasteiger partial charge in [0.15, 0.2) is 12.8 Å². The molecule has 4 rings (SSSR count). The number of nitrogens with zero attached hydrogens (tertiary/aromatic N) is 6. The molecule has 0 aliphatic rings. The van der Waals surface area contributed by atoms with Crippen LogP contribution in [0.4, 0.5) is 0 Å². The van der Waals surface area contributed by atoms with Crippen LogP contribution >= 0.6 is 0 Å². The van der Waals surface area contributed by atoms with Crippen molar-refractivity contribution < 1.29 is 19.0 Å². The molecule has 10 nitrogen and oxygen atoms in total. The Bertz CT molecular complexity index is 1360. The van der Waals surface area contributed by atoms with Crippen molar-refractivity contribution in [3.05, 3.63) is 48.7 Å². The van der Waals surface area contributed by atoms with Gasteiger partial charge in [-0.25, -0.2) is 14.5 Å². The Morgan fingerprint density at radius 1 is 0.972 bits per heavy atom. The van der Waals surface area contributed by atoms with Crippen LogP contribution in [0.2, 0.25) is 0 Å². The number of benzene rings is 1. The number of ether oxygens (including phenoxy) is 3. The first-order chi connectivity index (χ1) is 17.2. The van der Waals surface area contributed by atoms with Gasteiger partial charge >= 0.3 is 5.97 Å². The molecule has 0 N–H and O–H groups in total. The zero-order chi connectivity index (χ0) is 25.9. The quantitative estimate of drug-likeness (QED) is 0.261. The van der Waals surface area contributed by atoms with E-state index in [-0.39, 0.29) is 18.7 Å². The zero-order valence-electron chi connectivity index (χ0n) is 21.3. The number of esters is 1. The standard InChI is InChI=1S/C26H30N6O4/c1-16(2)24(25(33)36-26(3,4)5)32-14-22(30-31-32)18-11-12-19-21(27-18)13-20(29-28-19)17-9-7-8-10-23(17)35-15-34-6/h7-14,16,24H,15H2,1-6H3/t24-/m0/s1. The van der Waals surface area contributed by atoms with Crippen LogP contribution in [-0.2, 0) is 14.3 Å². The molecular formula is C26H30N6O4. The Balaban J connectivity index is 1.67. The van der Waals surface area contributed by atoms with Gasteiger partial charge in [0.1, 0.15) is 22.6 Å². The van der Waals surface area contributed by atoms with E-state index in [4.69, 9.17) is 19.2 Å². The third-order valence-corrected chi connectivity index (χ3v) is 5.27. The number of carbonyl (C=O) groups is 1. The molecule has 0 amide bonds. The predicted octanol–water partition coefficient (Wildman–Crippen LogP) is 4.47. The highest BCUT2D eigenvalue weighted by atomic mass is 16.7. The number of methoxy groups -OCH3 is 1. The lowest BCUT2D eigenvalue weighted by atomic mass is 10.0. The zero-order valence-corrected chi connectivity index (χ0v) is 21.3. The fraction of sp³-hybridized carbons (Fsp3) is 0.385. The largest absolute Gasteiger partial charge is 0.467 e. The summed E-state index contributed by atoms with van der Waals surface area (Å²) in [5.74, 6) is 0.237. The van der Waals surface area contributed by atoms with Gasteiger partial charge in [0.2, 0.25) is 0 Å². The van der Waals surface area contributed by atoms with Gasteiger partial charge in [-0.05, 0) is 57.0 Å². The van der Waals surface area contributed by atoms with E-state index >= 15 is 0 Å². The van der Waals surface area contributed by atoms with E-state index in [9.17, 15) is 4.79 Å². The summed E-state index contributed by atoms with van der Waals surface area (Å²) < 4.78 is 17.8. The highest BCUT2D eigenvalue weighted by Crippen LogP contribution is 2.30. The number of fused-ring (bicyclic) bond motifs is 1. The maximum absolute atomic E-state index is 12.8. The van der Waals surface area contributed by atoms with Crippen LogP contribution in [0.15, 0.2) is 48.7 Å². The van der Waals surface area contributed by atoms with Crippen LogP contribution in [0.1, 0.15) is 40.7 Å². The fourth-order valence-corrected chi connectivity index (χ4v) is 3.70. The SMILES string of the molecule is COCOc1ccccc1-c1cc2nc(-c3cn([C@H](C(=O)OC(C)(C)C)C(C)C)nn3)ccc2nn1. The topological polar surface area (TPSA) is 114 Å². The van der Waals surface area contributed by atoms with Gasteiger partial charge in [-0.1, -0.05) is 31.2 Å². The lowest BCUT2D eigenvalue weighted by Crippen LogP contribution is -2.33. The van der Waals surface area contributed by atoms with Gasteiger partial charge in [-0.15, -0.1) is 15.3 Å². The number of para-hydroxylation sites is 1. The first kappa shape index (κ1) is 25.2. The average molecular weight is 491 g/mol. The van der Waals surface area contributed by atoms with Crippen molar-refractivity contribution in [1.82, 2.24) is 30.2 Å². The van der Waals surface area contributed by atoms with E-state index in [0.717, 1.165) is 5.56 Å². The van der Waals surface area contributed by atoms with Crippen molar-refractivity contribution in [1.29, 1.82) is 0 Å². The number of rotatable bonds is 8. The summed E-state index contributed by atoms with van der Waals surface area (Å²) in [7, 11) is 1.57. The fourth-order valence-electron chi connectivity index (χ4n) is 3.70. The first-order valence-corrected chi connectivity index (χ1v) is 11.7. The van der Waals surface area contributed by atoms with Crippen molar-refractivity contribution in [2.45, 2.75) is 46.3 Å². The smallest absolute Gasteiger partial charge is 0.331 e. The molecule has 3 heterocycles. The molecule has 1 aromatic carbocycles. The third-order valence-electron chi connectivity index (χ3n) is 5.27. The highest BCUT2D eigenvalue weighted by molar-refractivity contribution is 5.81. The first-order valence-electron chi connectivity index (χ1n) is 11.7. The average Bonchev–Trinajstić information content (AvgIpc) is 3.30. The summed E-state index contributed by atoms with van der Waals surface area (Å²) in [5, 5.41) is 17.2. The number of aromatic nitrogens is 6. The lowest BCUT2D eigenvalue weighted by molar-refractivity contribution is -0.161. The molecule has 0 aliphatic carbocycles. The number of hydrogen-bond acceptors (Lipinski definition) is 9. The van der Waals surface area contributed by atoms with E-state index in [1.807, 2.05) is 71.0 Å². The molecule has 188 valence electrons. The van der Waals surface area contributed by atoms with Crippen LogP contribution in [0.25, 0.3) is 33.7 Å². The predicted molar refractivity (Wildman–Crippen MR) is 134 cm³/mol. The van der Waals surface area contributed by atoms with Crippen molar-refractivity contribution >= 4 is 17.0 Å². The number of pyridine rings is 1. The summed E-state index contributed by atoms with van der Waals surface area (Å²) in [6.07, 6.45) is 1.71. The second-order valence-corrected chi connectivity index (χ2v) is 9.68. The van der Waals surface area contributed by atoms with E-state index in [1.165, 1.54) is 0 Å². The second-order valence-electron chi connectivity index (χ2n) is 9.68. The molecular weight excluding hydrogens is 460 g/mol. The van der Waals surface area contributed by atoms with Gasteiger partial charge in [0.25, 0.3) is 0 Å². The highest BCUT2D eigenvalue weighted by Gasteiger charge is 2.30. The van der Waals surface area contributed by atoms with Gasteiger partial charge in [-0.3, -0.25) is 0 Å². The lowest BCUT2D eigenvalue weighted by Gasteiger charge is -2.25. The van der Waals surface area contributed by atoms with Crippen molar-refractivity contribution in [3.8, 4) is 28.4 Å². The summed E-state index contributed by atoms with van der Waals surface area (Å²) in [5.41, 5.74) is 3.21. The second kappa shape index (κ2) is 10.4. The molecule has 0 unspecified atom stereocenters. The Morgan fingerprint density at radius 2 is 1.75 bits per heavy atom. The normalized spacial score (nSPS) is 12.6. The molecule has 0 saturated heterocycles. The molecule has 4 aromatic rings. The minimum atomic E-state index is -0.605. The van der Waals surface area contributed by atoms with E-state index in [2.05, 4.69) is 20.5 Å². The molecule has 0 fully saturated rings. The minimum absolute atomic E-state index is 0.0443. The maximum atomic E-state index is 12.8. The van der Waals surface area contributed by atoms with Crippen molar-refractivity contribution in [2.75, 3.05) is 13.9 Å². The van der Waals surface area contributed by atoms with Gasteiger partial charge < -0.3 is 14.2 Å². The number of carbonyl (C=O) groups excluding carboxylic acids is 1. The maximum Gasteiger partial charge on any atom is 0.331 e. The van der Waals surface area contributed by atoms with E-state index in [0.29, 0.717) is 33.9 Å². The van der Waals surface area contributed by atoms with Crippen LogP contribution in [-0.4, -0.2) is 55.6 Å². The Labute approximate surface area is 209 Å². The molecule has 0 bridgehead atoms. The van der Waals surface area contributed by atoms with Crippen LogP contribution in [0.3, 0.4) is 0 Å². The van der Waals surface area contributed by atoms with E-state index < -0.39 is 11.6 Å².